The van der Waals surface area contributed by atoms with Crippen molar-refractivity contribution in [1.82, 2.24) is 14.5 Å². The van der Waals surface area contributed by atoms with Crippen molar-refractivity contribution in [3.63, 3.8) is 0 Å². The Morgan fingerprint density at radius 3 is 2.19 bits per heavy atom. The van der Waals surface area contributed by atoms with Gasteiger partial charge in [-0.15, -0.1) is 0 Å². The highest BCUT2D eigenvalue weighted by molar-refractivity contribution is 6.18. The Morgan fingerprint density at radius 2 is 1.31 bits per heavy atom. The molecule has 0 unspecified atom stereocenters. The SMILES string of the molecule is CC1(C)c2ccc3ccccc3c2-c2c1ccc1c3ccccc3n(-c3ncc4ccccc4n3)c21. The molecule has 0 spiro atoms. The Balaban J connectivity index is 1.61. The Kier molecular flexibility index (Phi) is 3.73. The van der Waals surface area contributed by atoms with Crippen molar-refractivity contribution in [2.24, 2.45) is 0 Å². The predicted molar refractivity (Wildman–Crippen MR) is 149 cm³/mol. The van der Waals surface area contributed by atoms with Gasteiger partial charge in [-0.1, -0.05) is 98.8 Å². The molecule has 1 aliphatic carbocycles. The van der Waals surface area contributed by atoms with Crippen molar-refractivity contribution >= 4 is 43.5 Å². The van der Waals surface area contributed by atoms with Gasteiger partial charge in [-0.05, 0) is 39.6 Å². The van der Waals surface area contributed by atoms with Gasteiger partial charge in [0, 0.05) is 33.3 Å². The fraction of sp³-hybridized carbons (Fsp3) is 0.0909. The molecule has 0 amide bonds. The predicted octanol–water partition coefficient (Wildman–Crippen LogP) is 8.19. The zero-order chi connectivity index (χ0) is 24.0. The fourth-order valence-electron chi connectivity index (χ4n) is 6.32. The molecule has 0 atom stereocenters. The monoisotopic (exact) mass is 461 g/mol. The highest BCUT2D eigenvalue weighted by atomic mass is 15.2. The van der Waals surface area contributed by atoms with Crippen molar-refractivity contribution in [2.75, 3.05) is 0 Å². The molecule has 1 aliphatic rings. The van der Waals surface area contributed by atoms with Crippen LogP contribution in [0.4, 0.5) is 0 Å². The molecule has 0 saturated carbocycles. The molecule has 0 fully saturated rings. The maximum absolute atomic E-state index is 5.05. The maximum atomic E-state index is 5.05. The zero-order valence-electron chi connectivity index (χ0n) is 20.2. The number of fused-ring (bicyclic) bond motifs is 10. The summed E-state index contributed by atoms with van der Waals surface area (Å²) in [7, 11) is 0. The summed E-state index contributed by atoms with van der Waals surface area (Å²) < 4.78 is 2.28. The van der Waals surface area contributed by atoms with Gasteiger partial charge in [-0.2, -0.15) is 0 Å². The molecule has 2 heterocycles. The van der Waals surface area contributed by atoms with Gasteiger partial charge in [0.05, 0.1) is 16.6 Å². The molecule has 170 valence electrons. The first-order chi connectivity index (χ1) is 17.6. The smallest absolute Gasteiger partial charge is 0.235 e. The number of hydrogen-bond acceptors (Lipinski definition) is 2. The molecule has 0 N–H and O–H groups in total. The lowest BCUT2D eigenvalue weighted by Gasteiger charge is -2.21. The van der Waals surface area contributed by atoms with Crippen molar-refractivity contribution < 1.29 is 0 Å². The van der Waals surface area contributed by atoms with Crippen LogP contribution in [0.15, 0.2) is 103 Å². The fourth-order valence-corrected chi connectivity index (χ4v) is 6.32. The van der Waals surface area contributed by atoms with E-state index in [9.17, 15) is 0 Å². The molecule has 0 radical (unpaired) electrons. The van der Waals surface area contributed by atoms with Crippen molar-refractivity contribution in [1.29, 1.82) is 0 Å². The highest BCUT2D eigenvalue weighted by Gasteiger charge is 2.38. The van der Waals surface area contributed by atoms with Crippen LogP contribution >= 0.6 is 0 Å². The number of benzene rings is 5. The van der Waals surface area contributed by atoms with Crippen LogP contribution < -0.4 is 0 Å². The number of aromatic nitrogens is 3. The van der Waals surface area contributed by atoms with Gasteiger partial charge in [-0.25, -0.2) is 9.97 Å². The number of hydrogen-bond donors (Lipinski definition) is 0. The van der Waals surface area contributed by atoms with Crippen molar-refractivity contribution in [2.45, 2.75) is 19.3 Å². The van der Waals surface area contributed by atoms with Gasteiger partial charge in [-0.3, -0.25) is 4.57 Å². The molecule has 3 nitrogen and oxygen atoms in total. The molecule has 0 bridgehead atoms. The summed E-state index contributed by atoms with van der Waals surface area (Å²) in [6, 6.07) is 34.8. The van der Waals surface area contributed by atoms with Crippen molar-refractivity contribution in [3.8, 4) is 17.1 Å². The third-order valence-corrected chi connectivity index (χ3v) is 8.04. The van der Waals surface area contributed by atoms with Crippen LogP contribution in [-0.2, 0) is 5.41 Å². The summed E-state index contributed by atoms with van der Waals surface area (Å²) in [5, 5.41) is 6.06. The van der Waals surface area contributed by atoms with Crippen LogP contribution in [0.3, 0.4) is 0 Å². The molecule has 3 heteroatoms. The Bertz CT molecular complexity index is 2030. The maximum Gasteiger partial charge on any atom is 0.235 e. The summed E-state index contributed by atoms with van der Waals surface area (Å²) in [6.07, 6.45) is 1.94. The second kappa shape index (κ2) is 6.79. The van der Waals surface area contributed by atoms with Gasteiger partial charge in [0.2, 0.25) is 5.95 Å². The number of rotatable bonds is 1. The van der Waals surface area contributed by atoms with Crippen LogP contribution in [0.25, 0.3) is 60.6 Å². The minimum atomic E-state index is -0.103. The van der Waals surface area contributed by atoms with E-state index in [1.807, 2.05) is 18.3 Å². The standard InChI is InChI=1S/C33H23N3/c1-33(2)25-17-15-20-9-3-5-11-22(20)29(25)30-26(33)18-16-24-23-12-6-8-14-28(23)36(31(24)30)32-34-19-21-10-4-7-13-27(21)35-32/h3-19H,1-2H3. The first-order valence-corrected chi connectivity index (χ1v) is 12.4. The summed E-state index contributed by atoms with van der Waals surface area (Å²) in [6.45, 7) is 4.69. The van der Waals surface area contributed by atoms with Crippen LogP contribution in [-0.4, -0.2) is 14.5 Å². The molecule has 36 heavy (non-hydrogen) atoms. The molecule has 0 saturated heterocycles. The van der Waals surface area contributed by atoms with E-state index in [1.165, 1.54) is 49.3 Å². The topological polar surface area (TPSA) is 30.7 Å². The largest absolute Gasteiger partial charge is 0.277 e. The Hall–Kier alpha value is -4.50. The number of nitrogens with zero attached hydrogens (tertiary/aromatic N) is 3. The first kappa shape index (κ1) is 19.8. The Morgan fingerprint density at radius 1 is 0.611 bits per heavy atom. The van der Waals surface area contributed by atoms with Crippen LogP contribution in [0.2, 0.25) is 0 Å². The van der Waals surface area contributed by atoms with Crippen molar-refractivity contribution in [3.05, 3.63) is 114 Å². The van der Waals surface area contributed by atoms with Gasteiger partial charge in [0.25, 0.3) is 0 Å². The molecular weight excluding hydrogens is 438 g/mol. The second-order valence-corrected chi connectivity index (χ2v) is 10.3. The average molecular weight is 462 g/mol. The summed E-state index contributed by atoms with van der Waals surface area (Å²) >= 11 is 0. The van der Waals surface area contributed by atoms with Gasteiger partial charge in [0.15, 0.2) is 0 Å². The minimum Gasteiger partial charge on any atom is -0.277 e. The van der Waals surface area contributed by atoms with E-state index in [2.05, 4.69) is 103 Å². The summed E-state index contributed by atoms with van der Waals surface area (Å²) in [5.41, 5.74) is 8.53. The van der Waals surface area contributed by atoms with E-state index in [-0.39, 0.29) is 5.41 Å². The van der Waals surface area contributed by atoms with Gasteiger partial charge < -0.3 is 0 Å². The van der Waals surface area contributed by atoms with Crippen LogP contribution in [0.5, 0.6) is 0 Å². The normalized spacial score (nSPS) is 14.1. The van der Waals surface area contributed by atoms with Crippen LogP contribution in [0, 0.1) is 0 Å². The number of para-hydroxylation sites is 2. The third-order valence-electron chi connectivity index (χ3n) is 8.04. The molecule has 8 rings (SSSR count). The molecule has 2 aromatic heterocycles. The van der Waals surface area contributed by atoms with E-state index < -0.39 is 0 Å². The zero-order valence-corrected chi connectivity index (χ0v) is 20.2. The summed E-state index contributed by atoms with van der Waals surface area (Å²) in [5.74, 6) is 0.708. The molecular formula is C33H23N3. The van der Waals surface area contributed by atoms with E-state index in [0.29, 0.717) is 5.95 Å². The second-order valence-electron chi connectivity index (χ2n) is 10.3. The quantitative estimate of drug-likeness (QED) is 0.247. The Labute approximate surface area is 208 Å². The lowest BCUT2D eigenvalue weighted by atomic mass is 9.82. The van der Waals surface area contributed by atoms with E-state index in [0.717, 1.165) is 16.4 Å². The van der Waals surface area contributed by atoms with E-state index in [1.54, 1.807) is 0 Å². The summed E-state index contributed by atoms with van der Waals surface area (Å²) in [4.78, 5) is 9.93. The minimum absolute atomic E-state index is 0.103. The lowest BCUT2D eigenvalue weighted by Crippen LogP contribution is -2.14. The highest BCUT2D eigenvalue weighted by Crippen LogP contribution is 2.54. The molecule has 7 aromatic rings. The average Bonchev–Trinajstić information content (AvgIpc) is 3.38. The van der Waals surface area contributed by atoms with E-state index in [4.69, 9.17) is 9.97 Å². The third kappa shape index (κ3) is 2.42. The first-order valence-electron chi connectivity index (χ1n) is 12.4. The molecule has 5 aromatic carbocycles. The lowest BCUT2D eigenvalue weighted by molar-refractivity contribution is 0.661. The van der Waals surface area contributed by atoms with E-state index >= 15 is 0 Å². The van der Waals surface area contributed by atoms with Crippen LogP contribution in [0.1, 0.15) is 25.0 Å². The van der Waals surface area contributed by atoms with Gasteiger partial charge in [0.1, 0.15) is 0 Å². The molecule has 0 aliphatic heterocycles. The van der Waals surface area contributed by atoms with Gasteiger partial charge >= 0.3 is 0 Å².